The van der Waals surface area contributed by atoms with Gasteiger partial charge in [-0.3, -0.25) is 14.4 Å². The van der Waals surface area contributed by atoms with Crippen molar-refractivity contribution in [3.8, 4) is 11.3 Å². The summed E-state index contributed by atoms with van der Waals surface area (Å²) in [5.41, 5.74) is 2.39. The Kier molecular flexibility index (Phi) is 22.1. The molecule has 8 nitrogen and oxygen atoms in total. The number of nitrogens with zero attached hydrogens (tertiary/aromatic N) is 2. The fourth-order valence-corrected chi connectivity index (χ4v) is 4.23. The van der Waals surface area contributed by atoms with Crippen LogP contribution in [0.3, 0.4) is 0 Å². The molecule has 8 heteroatoms. The van der Waals surface area contributed by atoms with Crippen molar-refractivity contribution < 1.29 is 19.8 Å². The van der Waals surface area contributed by atoms with Crippen molar-refractivity contribution in [2.75, 3.05) is 13.1 Å². The number of aliphatic hydroxyl groups is 2. The van der Waals surface area contributed by atoms with Gasteiger partial charge < -0.3 is 25.0 Å². The number of nitrogens with one attached hydrogen (secondary N) is 1. The Bertz CT molecular complexity index is 1150. The van der Waals surface area contributed by atoms with Gasteiger partial charge >= 0.3 is 0 Å². The molecule has 0 bridgehead atoms. The zero-order chi connectivity index (χ0) is 32.6. The van der Waals surface area contributed by atoms with Gasteiger partial charge in [0.2, 0.25) is 0 Å². The van der Waals surface area contributed by atoms with Gasteiger partial charge in [0.15, 0.2) is 12.2 Å². The number of rotatable bonds is 11. The molecule has 0 spiro atoms. The summed E-state index contributed by atoms with van der Waals surface area (Å²) in [6, 6.07) is 12.4. The number of aromatic nitrogens is 1. The summed E-state index contributed by atoms with van der Waals surface area (Å²) in [6.45, 7) is 15.9. The average molecular weight is 598 g/mol. The lowest BCUT2D eigenvalue weighted by Crippen LogP contribution is -2.50. The topological polar surface area (TPSA) is 112 Å². The number of hydrogen-bond acceptors (Lipinski definition) is 5. The third-order valence-electron chi connectivity index (χ3n) is 6.46. The van der Waals surface area contributed by atoms with Gasteiger partial charge in [0.05, 0.1) is 5.69 Å². The highest BCUT2D eigenvalue weighted by atomic mass is 16.3. The number of hydrogen-bond donors (Lipinski definition) is 3. The van der Waals surface area contributed by atoms with Crippen LogP contribution in [0.4, 0.5) is 0 Å². The van der Waals surface area contributed by atoms with E-state index in [-0.39, 0.29) is 12.1 Å². The van der Waals surface area contributed by atoms with Gasteiger partial charge in [-0.05, 0) is 63.1 Å². The van der Waals surface area contributed by atoms with Crippen LogP contribution in [0.5, 0.6) is 0 Å². The van der Waals surface area contributed by atoms with Crippen molar-refractivity contribution >= 4 is 11.8 Å². The van der Waals surface area contributed by atoms with E-state index in [2.05, 4.69) is 43.5 Å². The van der Waals surface area contributed by atoms with Crippen LogP contribution in [0.1, 0.15) is 86.1 Å². The van der Waals surface area contributed by atoms with Crippen LogP contribution in [0, 0.1) is 0 Å². The molecule has 2 aromatic rings. The van der Waals surface area contributed by atoms with Gasteiger partial charge in [0, 0.05) is 32.2 Å². The summed E-state index contributed by atoms with van der Waals surface area (Å²) in [5.74, 6) is -1.42. The Hall–Kier alpha value is -3.49. The zero-order valence-electron chi connectivity index (χ0n) is 27.4. The monoisotopic (exact) mass is 597 g/mol. The molecule has 240 valence electrons. The molecular formula is C35H55N3O5. The van der Waals surface area contributed by atoms with Crippen LogP contribution in [-0.4, -0.2) is 56.8 Å². The standard InChI is InChI=1S/C22H27N3O5.C9H16.2C2H6/c1-2-25-17(6-5-7-18(25)26)16-10-8-15(9-11-16)14-23-21(29)19(27)20(28)22(30)24-12-3-4-13-24;1-3-5-7-9-8-6-4-2;2*1-2/h5-11,19-20,27-28H,2-4,12-14H2,1H3,(H,23,29);3,5-6,8H,4,7,9H2,1-2H3;2*1-2H3/b;5-3-,8-6-;;. The van der Waals surface area contributed by atoms with Crippen molar-refractivity contribution in [2.24, 2.45) is 0 Å². The van der Waals surface area contributed by atoms with E-state index in [4.69, 9.17) is 0 Å². The number of amides is 2. The Morgan fingerprint density at radius 3 is 2.05 bits per heavy atom. The Balaban J connectivity index is 0.00000115. The highest BCUT2D eigenvalue weighted by Crippen LogP contribution is 2.18. The van der Waals surface area contributed by atoms with Gasteiger partial charge in [-0.1, -0.05) is 89.3 Å². The Morgan fingerprint density at radius 2 is 1.49 bits per heavy atom. The minimum atomic E-state index is -1.82. The molecule has 2 amide bonds. The minimum absolute atomic E-state index is 0.0673. The zero-order valence-corrected chi connectivity index (χ0v) is 27.4. The molecule has 0 radical (unpaired) electrons. The van der Waals surface area contributed by atoms with Crippen molar-refractivity contribution in [3.05, 3.63) is 82.7 Å². The van der Waals surface area contributed by atoms with Crippen LogP contribution in [-0.2, 0) is 22.7 Å². The maximum Gasteiger partial charge on any atom is 0.254 e. The van der Waals surface area contributed by atoms with Crippen molar-refractivity contribution in [2.45, 2.75) is 106 Å². The predicted octanol–water partition coefficient (Wildman–Crippen LogP) is 5.86. The molecule has 0 aliphatic carbocycles. The molecular weight excluding hydrogens is 542 g/mol. The number of benzene rings is 1. The molecule has 2 unspecified atom stereocenters. The summed E-state index contributed by atoms with van der Waals surface area (Å²) in [4.78, 5) is 37.7. The maximum absolute atomic E-state index is 12.2. The Morgan fingerprint density at radius 1 is 0.884 bits per heavy atom. The largest absolute Gasteiger partial charge is 0.380 e. The second kappa shape index (κ2) is 24.0. The van der Waals surface area contributed by atoms with Crippen molar-refractivity contribution in [1.29, 1.82) is 0 Å². The fourth-order valence-electron chi connectivity index (χ4n) is 4.23. The quantitative estimate of drug-likeness (QED) is 0.222. The highest BCUT2D eigenvalue weighted by Gasteiger charge is 2.34. The number of carbonyl (C=O) groups excluding carboxylic acids is 2. The molecule has 2 atom stereocenters. The van der Waals surface area contributed by atoms with Crippen LogP contribution in [0.15, 0.2) is 71.6 Å². The van der Waals surface area contributed by atoms with Crippen LogP contribution in [0.25, 0.3) is 11.3 Å². The average Bonchev–Trinajstić information content (AvgIpc) is 3.60. The number of pyridine rings is 1. The second-order valence-electron chi connectivity index (χ2n) is 9.36. The van der Waals surface area contributed by atoms with Crippen LogP contribution in [0.2, 0.25) is 0 Å². The number of carbonyl (C=O) groups is 2. The number of unbranched alkanes of at least 4 members (excludes halogenated alkanes) is 1. The summed E-state index contributed by atoms with van der Waals surface area (Å²) in [6.07, 6.45) is 10.4. The predicted molar refractivity (Wildman–Crippen MR) is 178 cm³/mol. The van der Waals surface area contributed by atoms with Gasteiger partial charge in [0.25, 0.3) is 17.4 Å². The van der Waals surface area contributed by atoms with E-state index in [0.717, 1.165) is 36.1 Å². The van der Waals surface area contributed by atoms with E-state index in [1.165, 1.54) is 23.8 Å². The van der Waals surface area contributed by atoms with Gasteiger partial charge in [-0.2, -0.15) is 0 Å². The molecule has 0 saturated carbocycles. The van der Waals surface area contributed by atoms with E-state index in [0.29, 0.717) is 19.6 Å². The van der Waals surface area contributed by atoms with Gasteiger partial charge in [-0.25, -0.2) is 0 Å². The first kappa shape index (κ1) is 39.5. The van der Waals surface area contributed by atoms with E-state index < -0.39 is 24.0 Å². The van der Waals surface area contributed by atoms with E-state index in [1.807, 2.05) is 65.0 Å². The minimum Gasteiger partial charge on any atom is -0.380 e. The second-order valence-corrected chi connectivity index (χ2v) is 9.36. The normalized spacial score (nSPS) is 13.7. The number of aliphatic hydroxyl groups excluding tert-OH is 2. The van der Waals surface area contributed by atoms with Crippen molar-refractivity contribution in [1.82, 2.24) is 14.8 Å². The van der Waals surface area contributed by atoms with E-state index in [9.17, 15) is 24.6 Å². The maximum atomic E-state index is 12.2. The third kappa shape index (κ3) is 14.0. The first-order valence-electron chi connectivity index (χ1n) is 15.8. The van der Waals surface area contributed by atoms with E-state index in [1.54, 1.807) is 10.6 Å². The summed E-state index contributed by atoms with van der Waals surface area (Å²) >= 11 is 0. The number of allylic oxidation sites excluding steroid dienone is 4. The smallest absolute Gasteiger partial charge is 0.254 e. The summed E-state index contributed by atoms with van der Waals surface area (Å²) in [7, 11) is 0. The number of likely N-dealkylation sites (tertiary alicyclic amines) is 1. The van der Waals surface area contributed by atoms with E-state index >= 15 is 0 Å². The molecule has 3 N–H and O–H groups in total. The summed E-state index contributed by atoms with van der Waals surface area (Å²) < 4.78 is 1.67. The molecule has 1 aliphatic heterocycles. The Labute approximate surface area is 259 Å². The molecule has 1 aromatic carbocycles. The van der Waals surface area contributed by atoms with Gasteiger partial charge in [-0.15, -0.1) is 0 Å². The molecule has 1 fully saturated rings. The lowest BCUT2D eigenvalue weighted by Gasteiger charge is -2.22. The molecule has 3 rings (SSSR count). The van der Waals surface area contributed by atoms with Crippen LogP contribution >= 0.6 is 0 Å². The van der Waals surface area contributed by atoms with Gasteiger partial charge in [0.1, 0.15) is 0 Å². The van der Waals surface area contributed by atoms with Crippen molar-refractivity contribution in [3.63, 3.8) is 0 Å². The molecule has 43 heavy (non-hydrogen) atoms. The first-order chi connectivity index (χ1) is 20.8. The molecule has 2 heterocycles. The molecule has 1 aromatic heterocycles. The lowest BCUT2D eigenvalue weighted by molar-refractivity contribution is -0.152. The molecule has 1 aliphatic rings. The summed E-state index contributed by atoms with van der Waals surface area (Å²) in [5, 5.41) is 22.6. The highest BCUT2D eigenvalue weighted by molar-refractivity contribution is 5.90. The first-order valence-corrected chi connectivity index (χ1v) is 15.8. The SMILES string of the molecule is C/C=C\CC/C=C\CC.CC.CC.CCn1c(-c2ccc(CNC(=O)C(O)C(O)C(=O)N3CCCC3)cc2)cccc1=O. The molecule has 1 saturated heterocycles. The third-order valence-corrected chi connectivity index (χ3v) is 6.46. The van der Waals surface area contributed by atoms with Crippen LogP contribution < -0.4 is 10.9 Å². The fraction of sp³-hybridized carbons (Fsp3) is 0.514. The lowest BCUT2D eigenvalue weighted by atomic mass is 10.1.